The standard InChI is InChI=1S/C15H22N2/c1-10(12-4-6-17-7-5-12)15(16)14-9-11-2-3-13(14)8-11/h4-7,10-11,13-15H,2-3,8-9,16H2,1H3. The van der Waals surface area contributed by atoms with Gasteiger partial charge in [-0.25, -0.2) is 0 Å². The Morgan fingerprint density at radius 1 is 1.24 bits per heavy atom. The van der Waals surface area contributed by atoms with Crippen molar-refractivity contribution in [3.63, 3.8) is 0 Å². The molecule has 0 saturated heterocycles. The van der Waals surface area contributed by atoms with Crippen LogP contribution in [0.4, 0.5) is 0 Å². The lowest BCUT2D eigenvalue weighted by atomic mass is 9.77. The van der Waals surface area contributed by atoms with Crippen molar-refractivity contribution in [1.82, 2.24) is 4.98 Å². The van der Waals surface area contributed by atoms with Gasteiger partial charge in [-0.2, -0.15) is 0 Å². The fraction of sp³-hybridized carbons (Fsp3) is 0.667. The summed E-state index contributed by atoms with van der Waals surface area (Å²) < 4.78 is 0. The molecule has 3 rings (SSSR count). The first-order valence-electron chi connectivity index (χ1n) is 6.91. The Morgan fingerprint density at radius 3 is 2.59 bits per heavy atom. The maximum Gasteiger partial charge on any atom is 0.0270 e. The van der Waals surface area contributed by atoms with Crippen molar-refractivity contribution in [2.75, 3.05) is 0 Å². The lowest BCUT2D eigenvalue weighted by Crippen LogP contribution is -2.37. The molecule has 1 heterocycles. The van der Waals surface area contributed by atoms with Crippen molar-refractivity contribution in [2.24, 2.45) is 23.5 Å². The minimum atomic E-state index is 0.327. The highest BCUT2D eigenvalue weighted by molar-refractivity contribution is 5.18. The molecule has 0 radical (unpaired) electrons. The Balaban J connectivity index is 1.72. The van der Waals surface area contributed by atoms with E-state index in [-0.39, 0.29) is 0 Å². The highest BCUT2D eigenvalue weighted by Crippen LogP contribution is 2.50. The highest BCUT2D eigenvalue weighted by atomic mass is 14.7. The number of rotatable bonds is 3. The molecule has 5 unspecified atom stereocenters. The summed E-state index contributed by atoms with van der Waals surface area (Å²) in [4.78, 5) is 4.08. The van der Waals surface area contributed by atoms with Gasteiger partial charge < -0.3 is 5.73 Å². The van der Waals surface area contributed by atoms with E-state index < -0.39 is 0 Å². The van der Waals surface area contributed by atoms with Crippen LogP contribution in [0.1, 0.15) is 44.1 Å². The van der Waals surface area contributed by atoms with Gasteiger partial charge in [0.15, 0.2) is 0 Å². The summed E-state index contributed by atoms with van der Waals surface area (Å²) in [5.74, 6) is 3.12. The number of pyridine rings is 1. The monoisotopic (exact) mass is 230 g/mol. The predicted octanol–water partition coefficient (Wildman–Crippen LogP) is 2.95. The quantitative estimate of drug-likeness (QED) is 0.867. The molecule has 2 nitrogen and oxygen atoms in total. The number of hydrogen-bond donors (Lipinski definition) is 1. The van der Waals surface area contributed by atoms with Crippen LogP contribution in [0.25, 0.3) is 0 Å². The van der Waals surface area contributed by atoms with Crippen LogP contribution in [-0.2, 0) is 0 Å². The zero-order valence-corrected chi connectivity index (χ0v) is 10.5. The molecule has 2 bridgehead atoms. The molecule has 17 heavy (non-hydrogen) atoms. The zero-order chi connectivity index (χ0) is 11.8. The molecule has 92 valence electrons. The molecule has 0 aromatic carbocycles. The van der Waals surface area contributed by atoms with Crippen molar-refractivity contribution in [3.05, 3.63) is 30.1 Å². The Bertz CT molecular complexity index is 376. The molecule has 5 atom stereocenters. The molecule has 0 aliphatic heterocycles. The summed E-state index contributed by atoms with van der Waals surface area (Å²) in [5.41, 5.74) is 7.86. The van der Waals surface area contributed by atoms with E-state index in [1.165, 1.54) is 31.2 Å². The van der Waals surface area contributed by atoms with Crippen LogP contribution in [0.15, 0.2) is 24.5 Å². The molecule has 1 aromatic rings. The molecular weight excluding hydrogens is 208 g/mol. The average Bonchev–Trinajstić information content (AvgIpc) is 3.00. The first-order valence-corrected chi connectivity index (χ1v) is 6.91. The largest absolute Gasteiger partial charge is 0.327 e. The van der Waals surface area contributed by atoms with Gasteiger partial charge in [-0.05, 0) is 60.6 Å². The molecule has 0 spiro atoms. The normalized spacial score (nSPS) is 34.8. The Hall–Kier alpha value is -0.890. The van der Waals surface area contributed by atoms with Crippen LogP contribution < -0.4 is 5.73 Å². The third kappa shape index (κ3) is 1.99. The molecule has 2 heteroatoms. The Morgan fingerprint density at radius 2 is 2.00 bits per heavy atom. The lowest BCUT2D eigenvalue weighted by Gasteiger charge is -2.32. The van der Waals surface area contributed by atoms with Crippen LogP contribution in [-0.4, -0.2) is 11.0 Å². The second-order valence-electron chi connectivity index (χ2n) is 5.99. The molecule has 2 N–H and O–H groups in total. The van der Waals surface area contributed by atoms with Gasteiger partial charge in [0.2, 0.25) is 0 Å². The maximum atomic E-state index is 6.52. The average molecular weight is 230 g/mol. The molecule has 2 fully saturated rings. The fourth-order valence-corrected chi connectivity index (χ4v) is 4.03. The summed E-state index contributed by atoms with van der Waals surface area (Å²) >= 11 is 0. The molecule has 2 aliphatic carbocycles. The summed E-state index contributed by atoms with van der Waals surface area (Å²) in [6.45, 7) is 2.27. The second-order valence-corrected chi connectivity index (χ2v) is 5.99. The van der Waals surface area contributed by atoms with E-state index in [9.17, 15) is 0 Å². The zero-order valence-electron chi connectivity index (χ0n) is 10.5. The lowest BCUT2D eigenvalue weighted by molar-refractivity contribution is 0.261. The number of nitrogens with zero attached hydrogens (tertiary/aromatic N) is 1. The van der Waals surface area contributed by atoms with Gasteiger partial charge in [-0.15, -0.1) is 0 Å². The van der Waals surface area contributed by atoms with E-state index in [4.69, 9.17) is 5.73 Å². The van der Waals surface area contributed by atoms with E-state index in [0.29, 0.717) is 12.0 Å². The maximum absolute atomic E-state index is 6.52. The minimum Gasteiger partial charge on any atom is -0.327 e. The van der Waals surface area contributed by atoms with Crippen molar-refractivity contribution >= 4 is 0 Å². The van der Waals surface area contributed by atoms with E-state index in [0.717, 1.165) is 17.8 Å². The van der Waals surface area contributed by atoms with Crippen LogP contribution in [0.5, 0.6) is 0 Å². The van der Waals surface area contributed by atoms with Crippen molar-refractivity contribution < 1.29 is 0 Å². The van der Waals surface area contributed by atoms with Crippen molar-refractivity contribution in [1.29, 1.82) is 0 Å². The number of nitrogens with two attached hydrogens (primary N) is 1. The predicted molar refractivity (Wildman–Crippen MR) is 69.6 cm³/mol. The summed E-state index contributed by atoms with van der Waals surface area (Å²) in [5, 5.41) is 0. The van der Waals surface area contributed by atoms with Crippen LogP contribution >= 0.6 is 0 Å². The third-order valence-electron chi connectivity index (χ3n) is 5.10. The fourth-order valence-electron chi connectivity index (χ4n) is 4.03. The van der Waals surface area contributed by atoms with Gasteiger partial charge in [0, 0.05) is 18.4 Å². The summed E-state index contributed by atoms with van der Waals surface area (Å²) in [7, 11) is 0. The van der Waals surface area contributed by atoms with E-state index in [2.05, 4.69) is 24.0 Å². The van der Waals surface area contributed by atoms with Gasteiger partial charge in [-0.3, -0.25) is 4.98 Å². The summed E-state index contributed by atoms with van der Waals surface area (Å²) in [6.07, 6.45) is 9.45. The molecule has 1 aromatic heterocycles. The van der Waals surface area contributed by atoms with Crippen LogP contribution in [0.3, 0.4) is 0 Å². The third-order valence-corrected chi connectivity index (χ3v) is 5.10. The van der Waals surface area contributed by atoms with Crippen LogP contribution in [0.2, 0.25) is 0 Å². The number of aromatic nitrogens is 1. The van der Waals surface area contributed by atoms with E-state index in [1.807, 2.05) is 12.4 Å². The van der Waals surface area contributed by atoms with Gasteiger partial charge in [0.1, 0.15) is 0 Å². The topological polar surface area (TPSA) is 38.9 Å². The molecular formula is C15H22N2. The second kappa shape index (κ2) is 4.41. The van der Waals surface area contributed by atoms with E-state index in [1.54, 1.807) is 0 Å². The van der Waals surface area contributed by atoms with Crippen LogP contribution in [0, 0.1) is 17.8 Å². The summed E-state index contributed by atoms with van der Waals surface area (Å²) in [6, 6.07) is 4.54. The van der Waals surface area contributed by atoms with E-state index >= 15 is 0 Å². The Kier molecular flexibility index (Phi) is 2.91. The van der Waals surface area contributed by atoms with Gasteiger partial charge in [0.25, 0.3) is 0 Å². The number of hydrogen-bond acceptors (Lipinski definition) is 2. The number of fused-ring (bicyclic) bond motifs is 2. The SMILES string of the molecule is CC(c1ccncc1)C(N)C1CC2CCC1C2. The molecule has 0 amide bonds. The van der Waals surface area contributed by atoms with Gasteiger partial charge >= 0.3 is 0 Å². The van der Waals surface area contributed by atoms with Crippen molar-refractivity contribution in [3.8, 4) is 0 Å². The molecule has 2 saturated carbocycles. The Labute approximate surface area is 104 Å². The van der Waals surface area contributed by atoms with Crippen molar-refractivity contribution in [2.45, 2.75) is 44.6 Å². The first-order chi connectivity index (χ1) is 8.25. The molecule has 2 aliphatic rings. The van der Waals surface area contributed by atoms with Gasteiger partial charge in [-0.1, -0.05) is 13.3 Å². The highest BCUT2D eigenvalue weighted by Gasteiger charge is 2.43. The minimum absolute atomic E-state index is 0.327. The first kappa shape index (κ1) is 11.2. The van der Waals surface area contributed by atoms with Gasteiger partial charge in [0.05, 0.1) is 0 Å². The smallest absolute Gasteiger partial charge is 0.0270 e.